The van der Waals surface area contributed by atoms with Gasteiger partial charge in [-0.1, -0.05) is 184 Å². The van der Waals surface area contributed by atoms with Crippen LogP contribution in [0.3, 0.4) is 0 Å². The van der Waals surface area contributed by atoms with Crippen LogP contribution in [0.5, 0.6) is 0 Å². The van der Waals surface area contributed by atoms with Crippen LogP contribution in [0.2, 0.25) is 0 Å². The van der Waals surface area contributed by atoms with Crippen LogP contribution in [0.1, 0.15) is 25.0 Å². The maximum Gasteiger partial charge on any atom is 0.160 e. The second kappa shape index (κ2) is 13.4. The van der Waals surface area contributed by atoms with Crippen LogP contribution in [0.4, 0.5) is 0 Å². The molecule has 0 fully saturated rings. The lowest BCUT2D eigenvalue weighted by atomic mass is 9.81. The quantitative estimate of drug-likeness (QED) is 0.174. The number of hydrogen-bond acceptors (Lipinski definition) is 3. The average molecular weight is 783 g/mol. The predicted molar refractivity (Wildman–Crippen MR) is 255 cm³/mol. The molecule has 12 rings (SSSR count). The molecule has 11 aromatic rings. The zero-order valence-electron chi connectivity index (χ0n) is 33.3. The van der Waals surface area contributed by atoms with Gasteiger partial charge in [-0.15, -0.1) is 11.3 Å². The monoisotopic (exact) mass is 782 g/mol. The molecule has 60 heavy (non-hydrogen) atoms. The highest BCUT2D eigenvalue weighted by Gasteiger charge is 2.37. The van der Waals surface area contributed by atoms with Gasteiger partial charge in [0.1, 0.15) is 0 Å². The van der Waals surface area contributed by atoms with Gasteiger partial charge in [0, 0.05) is 47.8 Å². The number of benzene rings is 9. The third-order valence-corrected chi connectivity index (χ3v) is 13.9. The number of thiophene rings is 1. The van der Waals surface area contributed by atoms with Gasteiger partial charge in [-0.25, -0.2) is 9.97 Å². The standard InChI is InChI=1S/C57H38N2S/c1-57(2)49-28-15-25-45(54(49)48-32-36-18-6-7-19-37(36)33-50(48)57)41-30-31-43(39-21-9-8-20-38(39)41)52-34-51(58-56(59-52)35-16-4-3-5-17-35)42-23-11-10-22-40(42)46-26-14-27-47-44-24-12-13-29-53(44)60-55(46)47/h3-34H,1-2H3. The Morgan fingerprint density at radius 2 is 0.967 bits per heavy atom. The highest BCUT2D eigenvalue weighted by Crippen LogP contribution is 2.54. The van der Waals surface area contributed by atoms with Crippen molar-refractivity contribution in [2.45, 2.75) is 19.3 Å². The smallest absolute Gasteiger partial charge is 0.160 e. The lowest BCUT2D eigenvalue weighted by molar-refractivity contribution is 0.661. The van der Waals surface area contributed by atoms with Crippen LogP contribution in [0.15, 0.2) is 194 Å². The van der Waals surface area contributed by atoms with Gasteiger partial charge in [-0.3, -0.25) is 0 Å². The minimum atomic E-state index is -0.121. The number of nitrogens with zero attached hydrogens (tertiary/aromatic N) is 2. The van der Waals surface area contributed by atoms with Gasteiger partial charge in [-0.05, 0) is 84.8 Å². The third kappa shape index (κ3) is 5.33. The van der Waals surface area contributed by atoms with Crippen molar-refractivity contribution in [1.29, 1.82) is 0 Å². The number of aromatic nitrogens is 2. The van der Waals surface area contributed by atoms with E-state index in [-0.39, 0.29) is 5.41 Å². The molecule has 0 bridgehead atoms. The normalized spacial score (nSPS) is 13.0. The molecule has 282 valence electrons. The van der Waals surface area contributed by atoms with Crippen molar-refractivity contribution in [2.24, 2.45) is 0 Å². The molecule has 3 heteroatoms. The summed E-state index contributed by atoms with van der Waals surface area (Å²) in [6.07, 6.45) is 0. The van der Waals surface area contributed by atoms with Crippen molar-refractivity contribution in [3.05, 3.63) is 205 Å². The maximum absolute atomic E-state index is 5.36. The fraction of sp³-hybridized carbons (Fsp3) is 0.0526. The Hall–Kier alpha value is -7.20. The minimum Gasteiger partial charge on any atom is -0.228 e. The first kappa shape index (κ1) is 34.8. The van der Waals surface area contributed by atoms with Gasteiger partial charge in [0.2, 0.25) is 0 Å². The van der Waals surface area contributed by atoms with Gasteiger partial charge in [-0.2, -0.15) is 0 Å². The molecule has 0 atom stereocenters. The summed E-state index contributed by atoms with van der Waals surface area (Å²) in [6, 6.07) is 70.6. The Bertz CT molecular complexity index is 3520. The van der Waals surface area contributed by atoms with Crippen LogP contribution in [-0.2, 0) is 5.41 Å². The molecule has 0 spiro atoms. The van der Waals surface area contributed by atoms with E-state index in [4.69, 9.17) is 9.97 Å². The number of fused-ring (bicyclic) bond motifs is 8. The fourth-order valence-electron chi connectivity index (χ4n) is 9.79. The second-order valence-electron chi connectivity index (χ2n) is 16.5. The van der Waals surface area contributed by atoms with Gasteiger partial charge in [0.05, 0.1) is 11.4 Å². The van der Waals surface area contributed by atoms with Crippen molar-refractivity contribution in [3.8, 4) is 67.3 Å². The van der Waals surface area contributed by atoms with E-state index in [2.05, 4.69) is 202 Å². The molecule has 9 aromatic carbocycles. The average Bonchev–Trinajstić information content (AvgIpc) is 3.80. The summed E-state index contributed by atoms with van der Waals surface area (Å²) in [4.78, 5) is 10.7. The summed E-state index contributed by atoms with van der Waals surface area (Å²) in [5.74, 6) is 0.707. The van der Waals surface area contributed by atoms with Gasteiger partial charge >= 0.3 is 0 Å². The van der Waals surface area contributed by atoms with Crippen LogP contribution in [-0.4, -0.2) is 9.97 Å². The summed E-state index contributed by atoms with van der Waals surface area (Å²) in [7, 11) is 0. The first-order chi connectivity index (χ1) is 29.5. The molecule has 0 saturated carbocycles. The predicted octanol–water partition coefficient (Wildman–Crippen LogP) is 15.8. The molecule has 2 nitrogen and oxygen atoms in total. The van der Waals surface area contributed by atoms with Crippen LogP contribution in [0.25, 0.3) is 109 Å². The van der Waals surface area contributed by atoms with E-state index in [1.54, 1.807) is 0 Å². The molecule has 1 aliphatic carbocycles. The van der Waals surface area contributed by atoms with E-state index in [0.29, 0.717) is 5.82 Å². The van der Waals surface area contributed by atoms with E-state index in [1.807, 2.05) is 17.4 Å². The first-order valence-electron chi connectivity index (χ1n) is 20.7. The fourth-order valence-corrected chi connectivity index (χ4v) is 11.0. The Kier molecular flexibility index (Phi) is 7.79. The van der Waals surface area contributed by atoms with Crippen molar-refractivity contribution in [1.82, 2.24) is 9.97 Å². The molecule has 0 aliphatic heterocycles. The molecule has 1 aliphatic rings. The molecule has 0 amide bonds. The topological polar surface area (TPSA) is 25.8 Å². The summed E-state index contributed by atoms with van der Waals surface area (Å²) < 4.78 is 2.59. The Balaban J connectivity index is 1.06. The second-order valence-corrected chi connectivity index (χ2v) is 17.5. The van der Waals surface area contributed by atoms with Crippen molar-refractivity contribution < 1.29 is 0 Å². The van der Waals surface area contributed by atoms with Crippen LogP contribution < -0.4 is 0 Å². The maximum atomic E-state index is 5.36. The molecule has 0 radical (unpaired) electrons. The summed E-state index contributed by atoms with van der Waals surface area (Å²) >= 11 is 1.86. The molecule has 2 aromatic heterocycles. The lowest BCUT2D eigenvalue weighted by Crippen LogP contribution is -2.14. The minimum absolute atomic E-state index is 0.121. The lowest BCUT2D eigenvalue weighted by Gasteiger charge is -2.22. The van der Waals surface area contributed by atoms with E-state index in [1.165, 1.54) is 75.3 Å². The van der Waals surface area contributed by atoms with Gasteiger partial charge in [0.25, 0.3) is 0 Å². The Morgan fingerprint density at radius 1 is 0.383 bits per heavy atom. The van der Waals surface area contributed by atoms with E-state index in [0.717, 1.165) is 39.0 Å². The van der Waals surface area contributed by atoms with Crippen LogP contribution in [0, 0.1) is 0 Å². The zero-order valence-corrected chi connectivity index (χ0v) is 34.1. The Labute approximate surface area is 353 Å². The summed E-state index contributed by atoms with van der Waals surface area (Å²) in [6.45, 7) is 4.74. The number of rotatable bonds is 5. The Morgan fingerprint density at radius 3 is 1.78 bits per heavy atom. The van der Waals surface area contributed by atoms with Crippen molar-refractivity contribution in [2.75, 3.05) is 0 Å². The van der Waals surface area contributed by atoms with E-state index >= 15 is 0 Å². The zero-order chi connectivity index (χ0) is 40.0. The largest absolute Gasteiger partial charge is 0.228 e. The summed E-state index contributed by atoms with van der Waals surface area (Å²) in [5.41, 5.74) is 15.1. The molecular weight excluding hydrogens is 745 g/mol. The summed E-state index contributed by atoms with van der Waals surface area (Å²) in [5, 5.41) is 7.50. The molecular formula is C57H38N2S. The number of hydrogen-bond donors (Lipinski definition) is 0. The molecule has 2 heterocycles. The molecule has 0 unspecified atom stereocenters. The first-order valence-corrected chi connectivity index (χ1v) is 21.5. The highest BCUT2D eigenvalue weighted by molar-refractivity contribution is 7.26. The van der Waals surface area contributed by atoms with Gasteiger partial charge < -0.3 is 0 Å². The SMILES string of the molecule is CC1(C)c2cc3ccccc3cc2-c2c(-c3ccc(-c4cc(-c5ccccc5-c5cccc6c5sc5ccccc56)nc(-c5ccccc5)n4)c4ccccc34)cccc21. The third-order valence-electron chi connectivity index (χ3n) is 12.7. The van der Waals surface area contributed by atoms with E-state index in [9.17, 15) is 0 Å². The van der Waals surface area contributed by atoms with Crippen LogP contribution >= 0.6 is 11.3 Å². The molecule has 0 N–H and O–H groups in total. The van der Waals surface area contributed by atoms with Crippen molar-refractivity contribution in [3.63, 3.8) is 0 Å². The highest BCUT2D eigenvalue weighted by atomic mass is 32.1. The van der Waals surface area contributed by atoms with Gasteiger partial charge in [0.15, 0.2) is 5.82 Å². The molecule has 0 saturated heterocycles. The van der Waals surface area contributed by atoms with Crippen molar-refractivity contribution >= 4 is 53.1 Å². The van der Waals surface area contributed by atoms with E-state index < -0.39 is 0 Å².